The van der Waals surface area contributed by atoms with Crippen LogP contribution in [-0.2, 0) is 21.1 Å². The van der Waals surface area contributed by atoms with Crippen LogP contribution in [0.2, 0.25) is 0 Å². The molecule has 0 aliphatic heterocycles. The first-order chi connectivity index (χ1) is 7.77. The van der Waals surface area contributed by atoms with Crippen LogP contribution in [0.1, 0.15) is 22.3 Å². The number of urea groups is 1. The summed E-state index contributed by atoms with van der Waals surface area (Å²) in [5, 5.41) is 13.3. The minimum Gasteiger partial charge on any atom is -0.447 e. The number of rotatable bonds is 2. The van der Waals surface area contributed by atoms with E-state index in [1.807, 2.05) is 6.92 Å². The molecule has 0 unspecified atom stereocenters. The van der Waals surface area contributed by atoms with Crippen LogP contribution in [0, 0.1) is 37.8 Å². The summed E-state index contributed by atoms with van der Waals surface area (Å²) in [7, 11) is 0. The van der Waals surface area contributed by atoms with Crippen LogP contribution in [-0.4, -0.2) is 11.0 Å². The Hall–Kier alpha value is -1.42. The van der Waals surface area contributed by atoms with Crippen LogP contribution in [0.4, 0.5) is 16.2 Å². The predicted molar refractivity (Wildman–Crippen MR) is 65.4 cm³/mol. The summed E-state index contributed by atoms with van der Waals surface area (Å²) in [5.41, 5.74) is 9.72. The Bertz CT molecular complexity index is 515. The van der Waals surface area contributed by atoms with Crippen molar-refractivity contribution in [3.63, 3.8) is 0 Å². The number of nitro groups is 1. The quantitative estimate of drug-likeness (QED) is 0.587. The number of nitrogens with one attached hydrogen (secondary N) is 2. The third kappa shape index (κ3) is 2.87. The van der Waals surface area contributed by atoms with Gasteiger partial charge in [-0.05, 0) is 44.4 Å². The van der Waals surface area contributed by atoms with E-state index in [1.165, 1.54) is 0 Å². The van der Waals surface area contributed by atoms with Gasteiger partial charge in [-0.25, -0.2) is 0 Å². The average molecular weight is 420 g/mol. The third-order valence-electron chi connectivity index (χ3n) is 3.08. The fourth-order valence-corrected chi connectivity index (χ4v) is 1.79. The standard InChI is InChI=1S/C11H15N3O3.W/c1-5-6(2)8(4)10(14(16)17)9(7(5)3)13-11(12)15;/h1-4H3,(H3,12,13,15);/p-1. The van der Waals surface area contributed by atoms with Gasteiger partial charge < -0.3 is 11.1 Å². The molecule has 0 spiro atoms. The van der Waals surface area contributed by atoms with E-state index in [4.69, 9.17) is 5.73 Å². The van der Waals surface area contributed by atoms with Crippen LogP contribution in [0.5, 0.6) is 0 Å². The van der Waals surface area contributed by atoms with E-state index in [0.717, 1.165) is 11.1 Å². The summed E-state index contributed by atoms with van der Waals surface area (Å²) in [5.74, 6) is 0. The molecule has 0 fully saturated rings. The van der Waals surface area contributed by atoms with Crippen LogP contribution >= 0.6 is 0 Å². The minimum atomic E-state index is -1.06. The molecule has 2 amide bonds. The van der Waals surface area contributed by atoms with Crippen LogP contribution in [0.25, 0.3) is 5.73 Å². The van der Waals surface area contributed by atoms with Gasteiger partial charge in [-0.15, -0.1) is 0 Å². The number of nitrogens with zero attached hydrogens (tertiary/aromatic N) is 1. The molecular formula is C11H14N3O3W-. The molecule has 0 aliphatic rings. The monoisotopic (exact) mass is 420 g/mol. The summed E-state index contributed by atoms with van der Waals surface area (Å²) in [6.45, 7) is 6.97. The van der Waals surface area contributed by atoms with Crippen LogP contribution in [0.15, 0.2) is 0 Å². The van der Waals surface area contributed by atoms with Crippen molar-refractivity contribution in [2.75, 3.05) is 5.32 Å². The summed E-state index contributed by atoms with van der Waals surface area (Å²) < 4.78 is 0. The largest absolute Gasteiger partial charge is 0.447 e. The maximum Gasteiger partial charge on any atom is 0.276 e. The zero-order valence-corrected chi connectivity index (χ0v) is 13.5. The van der Waals surface area contributed by atoms with E-state index in [0.29, 0.717) is 11.1 Å². The van der Waals surface area contributed by atoms with Crippen molar-refractivity contribution in [3.8, 4) is 0 Å². The van der Waals surface area contributed by atoms with Crippen molar-refractivity contribution in [2.24, 2.45) is 0 Å². The molecule has 1 aromatic carbocycles. The summed E-state index contributed by atoms with van der Waals surface area (Å²) in [6, 6.07) is -1.06. The van der Waals surface area contributed by atoms with Gasteiger partial charge >= 0.3 is 0 Å². The van der Waals surface area contributed by atoms with E-state index in [9.17, 15) is 14.9 Å². The molecule has 2 N–H and O–H groups in total. The van der Waals surface area contributed by atoms with E-state index in [-0.39, 0.29) is 32.4 Å². The van der Waals surface area contributed by atoms with Gasteiger partial charge in [0.1, 0.15) is 0 Å². The molecule has 0 bridgehead atoms. The molecule has 18 heavy (non-hydrogen) atoms. The Morgan fingerprint density at radius 1 is 1.11 bits per heavy atom. The first-order valence-electron chi connectivity index (χ1n) is 5.04. The van der Waals surface area contributed by atoms with E-state index in [2.05, 4.69) is 5.32 Å². The molecule has 1 aromatic rings. The van der Waals surface area contributed by atoms with Crippen molar-refractivity contribution in [1.82, 2.24) is 0 Å². The topological polar surface area (TPSA) is 96.0 Å². The first kappa shape index (κ1) is 16.6. The molecular weight excluding hydrogens is 406 g/mol. The summed E-state index contributed by atoms with van der Waals surface area (Å²) in [6.07, 6.45) is 0. The second-order valence-electron chi connectivity index (χ2n) is 3.93. The number of carbonyl (C=O) groups is 1. The molecule has 0 heterocycles. The van der Waals surface area contributed by atoms with Gasteiger partial charge in [0.2, 0.25) is 0 Å². The summed E-state index contributed by atoms with van der Waals surface area (Å²) >= 11 is 0. The van der Waals surface area contributed by atoms with Gasteiger partial charge in [-0.1, -0.05) is 0 Å². The van der Waals surface area contributed by atoms with Crippen molar-refractivity contribution in [1.29, 1.82) is 0 Å². The average Bonchev–Trinajstić information content (AvgIpc) is 2.22. The molecule has 0 radical (unpaired) electrons. The van der Waals surface area contributed by atoms with Gasteiger partial charge in [0.25, 0.3) is 5.69 Å². The van der Waals surface area contributed by atoms with E-state index in [1.54, 1.807) is 20.8 Å². The van der Waals surface area contributed by atoms with Gasteiger partial charge in [-0.3, -0.25) is 14.9 Å². The first-order valence-corrected chi connectivity index (χ1v) is 5.04. The van der Waals surface area contributed by atoms with Crippen molar-refractivity contribution in [3.05, 3.63) is 38.1 Å². The second kappa shape index (κ2) is 5.96. The molecule has 0 aromatic heterocycles. The Kier molecular flexibility index (Phi) is 5.49. The third-order valence-corrected chi connectivity index (χ3v) is 3.08. The van der Waals surface area contributed by atoms with Gasteiger partial charge in [0.05, 0.1) is 4.92 Å². The zero-order valence-electron chi connectivity index (χ0n) is 10.6. The molecule has 0 aliphatic carbocycles. The number of nitro benzene ring substituents is 1. The molecule has 98 valence electrons. The minimum absolute atomic E-state index is 0. The molecule has 6 nitrogen and oxygen atoms in total. The second-order valence-corrected chi connectivity index (χ2v) is 3.93. The predicted octanol–water partition coefficient (Wildman–Crippen LogP) is 3.41. The number of hydrogen-bond acceptors (Lipinski definition) is 3. The van der Waals surface area contributed by atoms with E-state index < -0.39 is 11.0 Å². The SMILES string of the molecule is Cc1c(C)c(C)c([N+](=O)[O-])c(NC([NH-])=O)c1C.[W]. The maximum absolute atomic E-state index is 11.0. The fraction of sp³-hybridized carbons (Fsp3) is 0.364. The molecule has 0 saturated heterocycles. The van der Waals surface area contributed by atoms with Crippen molar-refractivity contribution in [2.45, 2.75) is 27.7 Å². The molecule has 0 atom stereocenters. The molecule has 7 heteroatoms. The fourth-order valence-electron chi connectivity index (χ4n) is 1.79. The maximum atomic E-state index is 11.0. The number of benzene rings is 1. The number of anilines is 1. The number of carbonyl (C=O) groups excluding carboxylic acids is 1. The Labute approximate surface area is 119 Å². The van der Waals surface area contributed by atoms with Crippen molar-refractivity contribution >= 4 is 17.4 Å². The number of hydrogen-bond donors (Lipinski definition) is 1. The molecule has 0 saturated carbocycles. The van der Waals surface area contributed by atoms with Gasteiger partial charge in [0.15, 0.2) is 6.03 Å². The van der Waals surface area contributed by atoms with E-state index >= 15 is 0 Å². The zero-order chi connectivity index (χ0) is 13.3. The molecule has 1 rings (SSSR count). The van der Waals surface area contributed by atoms with Crippen LogP contribution in [0.3, 0.4) is 0 Å². The summed E-state index contributed by atoms with van der Waals surface area (Å²) in [4.78, 5) is 21.3. The Morgan fingerprint density at radius 2 is 1.56 bits per heavy atom. The Morgan fingerprint density at radius 3 is 1.94 bits per heavy atom. The van der Waals surface area contributed by atoms with Crippen molar-refractivity contribution < 1.29 is 30.8 Å². The van der Waals surface area contributed by atoms with Crippen LogP contribution < -0.4 is 5.32 Å². The smallest absolute Gasteiger partial charge is 0.276 e. The normalized spacial score (nSPS) is 9.56. The Balaban J connectivity index is 0.00000289. The van der Waals surface area contributed by atoms with Gasteiger partial charge in [0, 0.05) is 32.3 Å². The van der Waals surface area contributed by atoms with Gasteiger partial charge in [-0.2, -0.15) is 0 Å². The number of amides is 2.